The Morgan fingerprint density at radius 3 is 2.50 bits per heavy atom. The van der Waals surface area contributed by atoms with Crippen molar-refractivity contribution in [2.75, 3.05) is 14.2 Å². The molecule has 2 aromatic heterocycles. The van der Waals surface area contributed by atoms with E-state index in [-0.39, 0.29) is 6.04 Å². The summed E-state index contributed by atoms with van der Waals surface area (Å²) in [4.78, 5) is 4.01. The van der Waals surface area contributed by atoms with Crippen LogP contribution in [-0.4, -0.2) is 29.3 Å². The lowest BCUT2D eigenvalue weighted by molar-refractivity contribution is 0.389. The van der Waals surface area contributed by atoms with E-state index in [1.165, 1.54) is 5.56 Å². The van der Waals surface area contributed by atoms with Crippen LogP contribution in [0.5, 0.6) is 5.88 Å². The number of ether oxygens (including phenoxy) is 1. The molecule has 0 saturated carbocycles. The van der Waals surface area contributed by atoms with Crippen LogP contribution in [0.3, 0.4) is 0 Å². The van der Waals surface area contributed by atoms with E-state index in [2.05, 4.69) is 20.5 Å². The fraction of sp³-hybridized carbons (Fsp3) is 0.308. The average molecular weight is 244 g/mol. The number of hydrogen-bond acceptors (Lipinski definition) is 5. The molecule has 1 unspecified atom stereocenters. The molecule has 18 heavy (non-hydrogen) atoms. The van der Waals surface area contributed by atoms with Gasteiger partial charge in [0.2, 0.25) is 5.88 Å². The molecule has 0 aliphatic carbocycles. The fourth-order valence-corrected chi connectivity index (χ4v) is 1.73. The Bertz CT molecular complexity index is 472. The summed E-state index contributed by atoms with van der Waals surface area (Å²) in [6.45, 7) is 0. The van der Waals surface area contributed by atoms with Crippen molar-refractivity contribution in [3.63, 3.8) is 0 Å². The third-order valence-electron chi connectivity index (χ3n) is 2.76. The lowest BCUT2D eigenvalue weighted by Gasteiger charge is -2.15. The maximum atomic E-state index is 5.00. The van der Waals surface area contributed by atoms with Gasteiger partial charge < -0.3 is 10.1 Å². The molecule has 0 aliphatic rings. The second kappa shape index (κ2) is 6.07. The first-order valence-corrected chi connectivity index (χ1v) is 5.77. The molecule has 0 fully saturated rings. The number of nitrogens with zero attached hydrogens (tertiary/aromatic N) is 3. The second-order valence-corrected chi connectivity index (χ2v) is 3.90. The minimum absolute atomic E-state index is 0.130. The van der Waals surface area contributed by atoms with Crippen LogP contribution in [0.2, 0.25) is 0 Å². The number of likely N-dealkylation sites (N-methyl/N-ethyl adjacent to an activating group) is 1. The van der Waals surface area contributed by atoms with E-state index in [4.69, 9.17) is 4.74 Å². The van der Waals surface area contributed by atoms with Gasteiger partial charge >= 0.3 is 0 Å². The predicted molar refractivity (Wildman–Crippen MR) is 68.3 cm³/mol. The Balaban J connectivity index is 2.12. The average Bonchev–Trinajstić information content (AvgIpc) is 2.46. The molecule has 2 aromatic rings. The van der Waals surface area contributed by atoms with E-state index in [1.807, 2.05) is 31.3 Å². The summed E-state index contributed by atoms with van der Waals surface area (Å²) in [6.07, 6.45) is 4.43. The van der Waals surface area contributed by atoms with Crippen LogP contribution in [0.15, 0.2) is 36.7 Å². The Morgan fingerprint density at radius 2 is 1.94 bits per heavy atom. The van der Waals surface area contributed by atoms with Gasteiger partial charge in [-0.05, 0) is 37.2 Å². The van der Waals surface area contributed by atoms with E-state index in [9.17, 15) is 0 Å². The second-order valence-electron chi connectivity index (χ2n) is 3.90. The lowest BCUT2D eigenvalue weighted by Crippen LogP contribution is -2.20. The number of rotatable bonds is 5. The van der Waals surface area contributed by atoms with Gasteiger partial charge in [-0.3, -0.25) is 4.98 Å². The highest BCUT2D eigenvalue weighted by Gasteiger charge is 2.12. The summed E-state index contributed by atoms with van der Waals surface area (Å²) in [5.74, 6) is 0.525. The summed E-state index contributed by atoms with van der Waals surface area (Å²) in [6, 6.07) is 7.88. The topological polar surface area (TPSA) is 59.9 Å². The highest BCUT2D eigenvalue weighted by molar-refractivity contribution is 5.18. The monoisotopic (exact) mass is 244 g/mol. The Kier molecular flexibility index (Phi) is 4.20. The SMILES string of the molecule is CNC(Cc1ccncc1)c1ccc(OC)nn1. The minimum atomic E-state index is 0.130. The van der Waals surface area contributed by atoms with Crippen molar-refractivity contribution in [2.45, 2.75) is 12.5 Å². The van der Waals surface area contributed by atoms with Gasteiger partial charge in [0.15, 0.2) is 0 Å². The molecular formula is C13H16N4O. The van der Waals surface area contributed by atoms with Gasteiger partial charge in [-0.2, -0.15) is 5.10 Å². The van der Waals surface area contributed by atoms with Crippen molar-refractivity contribution in [1.82, 2.24) is 20.5 Å². The van der Waals surface area contributed by atoms with Gasteiger partial charge in [0.05, 0.1) is 18.8 Å². The minimum Gasteiger partial charge on any atom is -0.480 e. The molecule has 0 saturated heterocycles. The van der Waals surface area contributed by atoms with Gasteiger partial charge in [-0.25, -0.2) is 0 Å². The zero-order valence-electron chi connectivity index (χ0n) is 10.5. The van der Waals surface area contributed by atoms with Crippen molar-refractivity contribution in [1.29, 1.82) is 0 Å². The Labute approximate surface area is 106 Å². The molecule has 0 aromatic carbocycles. The third kappa shape index (κ3) is 3.01. The molecule has 0 radical (unpaired) electrons. The molecule has 0 aliphatic heterocycles. The molecule has 1 atom stereocenters. The van der Waals surface area contributed by atoms with Crippen LogP contribution in [0.25, 0.3) is 0 Å². The molecule has 5 nitrogen and oxygen atoms in total. The fourth-order valence-electron chi connectivity index (χ4n) is 1.73. The zero-order chi connectivity index (χ0) is 12.8. The van der Waals surface area contributed by atoms with E-state index in [1.54, 1.807) is 19.5 Å². The Hall–Kier alpha value is -2.01. The molecule has 2 heterocycles. The van der Waals surface area contributed by atoms with Crippen molar-refractivity contribution in [3.05, 3.63) is 47.9 Å². The van der Waals surface area contributed by atoms with E-state index < -0.39 is 0 Å². The molecular weight excluding hydrogens is 228 g/mol. The van der Waals surface area contributed by atoms with Gasteiger partial charge in [0.25, 0.3) is 0 Å². The quantitative estimate of drug-likeness (QED) is 0.861. The molecule has 94 valence electrons. The highest BCUT2D eigenvalue weighted by atomic mass is 16.5. The van der Waals surface area contributed by atoms with Crippen molar-refractivity contribution in [3.8, 4) is 5.88 Å². The summed E-state index contributed by atoms with van der Waals surface area (Å²) >= 11 is 0. The van der Waals surface area contributed by atoms with Crippen LogP contribution in [0.4, 0.5) is 0 Å². The molecule has 0 spiro atoms. The highest BCUT2D eigenvalue weighted by Crippen LogP contribution is 2.16. The first kappa shape index (κ1) is 12.4. The normalized spacial score (nSPS) is 12.1. The number of pyridine rings is 1. The molecule has 0 amide bonds. The van der Waals surface area contributed by atoms with E-state index >= 15 is 0 Å². The zero-order valence-corrected chi connectivity index (χ0v) is 10.5. The van der Waals surface area contributed by atoms with Crippen LogP contribution in [-0.2, 0) is 6.42 Å². The number of hydrogen-bond donors (Lipinski definition) is 1. The Morgan fingerprint density at radius 1 is 1.17 bits per heavy atom. The van der Waals surface area contributed by atoms with Crippen LogP contribution >= 0.6 is 0 Å². The number of methoxy groups -OCH3 is 1. The van der Waals surface area contributed by atoms with Gasteiger partial charge in [-0.1, -0.05) is 0 Å². The molecule has 1 N–H and O–H groups in total. The summed E-state index contributed by atoms with van der Waals surface area (Å²) in [7, 11) is 3.49. The number of nitrogens with one attached hydrogen (secondary N) is 1. The van der Waals surface area contributed by atoms with Crippen LogP contribution in [0, 0.1) is 0 Å². The van der Waals surface area contributed by atoms with Crippen molar-refractivity contribution < 1.29 is 4.74 Å². The van der Waals surface area contributed by atoms with Crippen molar-refractivity contribution in [2.24, 2.45) is 0 Å². The first-order chi connectivity index (χ1) is 8.83. The largest absolute Gasteiger partial charge is 0.480 e. The summed E-state index contributed by atoms with van der Waals surface area (Å²) in [5, 5.41) is 11.4. The van der Waals surface area contributed by atoms with Crippen LogP contribution < -0.4 is 10.1 Å². The van der Waals surface area contributed by atoms with Crippen molar-refractivity contribution >= 4 is 0 Å². The molecule has 0 bridgehead atoms. The molecule has 5 heteroatoms. The molecule has 2 rings (SSSR count). The standard InChI is InChI=1S/C13H16N4O/c1-14-12(9-10-5-7-15-8-6-10)11-3-4-13(18-2)17-16-11/h3-8,12,14H,9H2,1-2H3. The van der Waals surface area contributed by atoms with E-state index in [0.29, 0.717) is 5.88 Å². The van der Waals surface area contributed by atoms with E-state index in [0.717, 1.165) is 12.1 Å². The summed E-state index contributed by atoms with van der Waals surface area (Å²) in [5.41, 5.74) is 2.11. The number of aromatic nitrogens is 3. The summed E-state index contributed by atoms with van der Waals surface area (Å²) < 4.78 is 5.00. The smallest absolute Gasteiger partial charge is 0.233 e. The maximum Gasteiger partial charge on any atom is 0.233 e. The van der Waals surface area contributed by atoms with Gasteiger partial charge in [-0.15, -0.1) is 5.10 Å². The lowest BCUT2D eigenvalue weighted by atomic mass is 10.0. The predicted octanol–water partition coefficient (Wildman–Crippen LogP) is 1.38. The van der Waals surface area contributed by atoms with Gasteiger partial charge in [0.1, 0.15) is 0 Å². The first-order valence-electron chi connectivity index (χ1n) is 5.77. The van der Waals surface area contributed by atoms with Gasteiger partial charge in [0, 0.05) is 18.5 Å². The van der Waals surface area contributed by atoms with Crippen LogP contribution in [0.1, 0.15) is 17.3 Å². The maximum absolute atomic E-state index is 5.00. The third-order valence-corrected chi connectivity index (χ3v) is 2.76.